The van der Waals surface area contributed by atoms with Crippen molar-refractivity contribution in [2.45, 2.75) is 46.2 Å². The van der Waals surface area contributed by atoms with Crippen molar-refractivity contribution < 1.29 is 26.5 Å². The summed E-state index contributed by atoms with van der Waals surface area (Å²) in [5.74, 6) is 1.09. The van der Waals surface area contributed by atoms with Crippen LogP contribution in [0.25, 0.3) is 0 Å². The molecule has 0 unspecified atom stereocenters. The summed E-state index contributed by atoms with van der Waals surface area (Å²) in [6, 6.07) is 8.24. The number of aromatic nitrogens is 2. The number of Topliss-reactive ketones (excluding diaryl/α,β-unsaturated/α-hetero) is 1. The van der Waals surface area contributed by atoms with Gasteiger partial charge >= 0.3 is 0 Å². The Labute approximate surface area is 142 Å². The molecule has 1 aromatic heterocycles. The van der Waals surface area contributed by atoms with E-state index in [2.05, 4.69) is 36.9 Å². The summed E-state index contributed by atoms with van der Waals surface area (Å²) in [4.78, 5) is 12.4. The number of halogens is 1. The smallest absolute Gasteiger partial charge is 0.230 e. The van der Waals surface area contributed by atoms with E-state index >= 15 is 0 Å². The van der Waals surface area contributed by atoms with Gasteiger partial charge in [0.05, 0.1) is 12.7 Å². The lowest BCUT2D eigenvalue weighted by Crippen LogP contribution is -3.00. The highest BCUT2D eigenvalue weighted by atomic mass is 79.9. The second-order valence-electron chi connectivity index (χ2n) is 6.24. The van der Waals surface area contributed by atoms with Gasteiger partial charge in [0.15, 0.2) is 6.20 Å². The molecule has 1 aromatic carbocycles. The van der Waals surface area contributed by atoms with E-state index in [1.165, 1.54) is 29.5 Å². The predicted octanol–water partition coefficient (Wildman–Crippen LogP) is -0.382. The third-order valence-electron chi connectivity index (χ3n) is 4.35. The highest BCUT2D eigenvalue weighted by Crippen LogP contribution is 2.29. The first kappa shape index (κ1) is 16.9. The van der Waals surface area contributed by atoms with Gasteiger partial charge in [-0.3, -0.25) is 4.79 Å². The maximum Gasteiger partial charge on any atom is 0.230 e. The van der Waals surface area contributed by atoms with Crippen molar-refractivity contribution >= 4 is 5.78 Å². The highest BCUT2D eigenvalue weighted by molar-refractivity contribution is 5.80. The lowest BCUT2D eigenvalue weighted by Gasteiger charge is -2.08. The maximum absolute atomic E-state index is 12.4. The quantitative estimate of drug-likeness (QED) is 0.643. The van der Waals surface area contributed by atoms with Crippen molar-refractivity contribution in [3.05, 3.63) is 53.3 Å². The topological polar surface area (TPSA) is 25.9 Å². The van der Waals surface area contributed by atoms with E-state index < -0.39 is 0 Å². The van der Waals surface area contributed by atoms with Gasteiger partial charge in [0.1, 0.15) is 0 Å². The molecule has 0 spiro atoms. The summed E-state index contributed by atoms with van der Waals surface area (Å²) < 4.78 is 4.23. The molecule has 118 valence electrons. The van der Waals surface area contributed by atoms with E-state index in [1.807, 2.05) is 23.0 Å². The van der Waals surface area contributed by atoms with Gasteiger partial charge in [-0.05, 0) is 49.3 Å². The number of hydrogen-bond donors (Lipinski definition) is 0. The highest BCUT2D eigenvalue weighted by Gasteiger charge is 2.25. The van der Waals surface area contributed by atoms with Gasteiger partial charge in [-0.2, -0.15) is 4.68 Å². The van der Waals surface area contributed by atoms with Crippen LogP contribution in [0.3, 0.4) is 0 Å². The Kier molecular flexibility index (Phi) is 5.57. The lowest BCUT2D eigenvalue weighted by molar-refractivity contribution is -0.764. The van der Waals surface area contributed by atoms with Gasteiger partial charge in [0.2, 0.25) is 12.3 Å². The minimum absolute atomic E-state index is 0. The molecule has 1 aliphatic carbocycles. The molecule has 1 aliphatic rings. The Morgan fingerprint density at radius 1 is 1.23 bits per heavy atom. The summed E-state index contributed by atoms with van der Waals surface area (Å²) in [6.45, 7) is 5.67. The Morgan fingerprint density at radius 3 is 2.55 bits per heavy atom. The Hall–Kier alpha value is -1.42. The molecule has 3 rings (SSSR count). The van der Waals surface area contributed by atoms with E-state index in [4.69, 9.17) is 0 Å². The number of hydrogen-bond acceptors (Lipinski definition) is 1. The van der Waals surface area contributed by atoms with Crippen LogP contribution in [0.4, 0.5) is 0 Å². The first-order valence-corrected chi connectivity index (χ1v) is 7.75. The molecular weight excluding hydrogens is 340 g/mol. The van der Waals surface area contributed by atoms with Gasteiger partial charge < -0.3 is 17.0 Å². The zero-order valence-electron chi connectivity index (χ0n) is 13.3. The monoisotopic (exact) mass is 362 g/mol. The van der Waals surface area contributed by atoms with Crippen molar-refractivity contribution in [1.82, 2.24) is 4.68 Å². The van der Waals surface area contributed by atoms with E-state index in [0.29, 0.717) is 13.0 Å². The Bertz CT molecular complexity index is 639. The second kappa shape index (κ2) is 7.23. The number of rotatable bonds is 6. The van der Waals surface area contributed by atoms with Crippen molar-refractivity contribution in [2.75, 3.05) is 0 Å². The molecule has 0 aliphatic heterocycles. The van der Waals surface area contributed by atoms with Gasteiger partial charge in [0, 0.05) is 12.5 Å². The van der Waals surface area contributed by atoms with Crippen LogP contribution >= 0.6 is 0 Å². The van der Waals surface area contributed by atoms with Crippen LogP contribution in [-0.2, 0) is 24.3 Å². The third kappa shape index (κ3) is 4.07. The fourth-order valence-corrected chi connectivity index (χ4v) is 2.84. The van der Waals surface area contributed by atoms with Crippen LogP contribution in [0.5, 0.6) is 0 Å². The third-order valence-corrected chi connectivity index (χ3v) is 4.35. The molecule has 1 heterocycles. The van der Waals surface area contributed by atoms with Crippen molar-refractivity contribution in [3.8, 4) is 0 Å². The van der Waals surface area contributed by atoms with Crippen LogP contribution in [-0.4, -0.2) is 10.5 Å². The number of benzene rings is 1. The molecule has 1 saturated carbocycles. The standard InChI is InChI=1S/C18H23N2O.BrH/c1-14-5-3-6-15(2)18(14)11-17(21)13-20-10-4-9-19(20)12-16-7-8-16;/h3-6,9-10,16H,7-8,11-13H2,1-2H3;1H/q+1;/p-1. The average molecular weight is 363 g/mol. The molecule has 22 heavy (non-hydrogen) atoms. The van der Waals surface area contributed by atoms with Gasteiger partial charge in [-0.1, -0.05) is 18.2 Å². The van der Waals surface area contributed by atoms with Gasteiger partial charge in [-0.25, -0.2) is 0 Å². The number of carbonyl (C=O) groups excluding carboxylic acids is 1. The fourth-order valence-electron chi connectivity index (χ4n) is 2.84. The predicted molar refractivity (Wildman–Crippen MR) is 82.0 cm³/mol. The molecule has 0 saturated heterocycles. The SMILES string of the molecule is Cc1cccc(C)c1CC(=O)C[n+]1cccn1CC1CC1.[Br-]. The normalized spacial score (nSPS) is 13.7. The summed E-state index contributed by atoms with van der Waals surface area (Å²) >= 11 is 0. The number of nitrogens with zero attached hydrogens (tertiary/aromatic N) is 2. The van der Waals surface area contributed by atoms with Crippen LogP contribution in [0.15, 0.2) is 36.7 Å². The lowest BCUT2D eigenvalue weighted by atomic mass is 9.98. The maximum atomic E-state index is 12.4. The van der Waals surface area contributed by atoms with Crippen LogP contribution < -0.4 is 21.7 Å². The molecule has 3 nitrogen and oxygen atoms in total. The molecule has 0 atom stereocenters. The van der Waals surface area contributed by atoms with E-state index in [1.54, 1.807) is 0 Å². The average Bonchev–Trinajstić information content (AvgIpc) is 3.15. The van der Waals surface area contributed by atoms with Crippen molar-refractivity contribution in [1.29, 1.82) is 0 Å². The zero-order valence-corrected chi connectivity index (χ0v) is 14.8. The zero-order chi connectivity index (χ0) is 14.8. The number of ketones is 1. The van der Waals surface area contributed by atoms with Crippen molar-refractivity contribution in [3.63, 3.8) is 0 Å². The van der Waals surface area contributed by atoms with E-state index in [9.17, 15) is 4.79 Å². The Morgan fingerprint density at radius 2 is 1.91 bits per heavy atom. The molecule has 0 radical (unpaired) electrons. The number of aryl methyl sites for hydroxylation is 2. The summed E-state index contributed by atoms with van der Waals surface area (Å²) in [6.07, 6.45) is 7.26. The summed E-state index contributed by atoms with van der Waals surface area (Å²) in [5, 5.41) is 0. The molecule has 4 heteroatoms. The minimum atomic E-state index is 0. The van der Waals surface area contributed by atoms with Crippen LogP contribution in [0.2, 0.25) is 0 Å². The number of carbonyl (C=O) groups is 1. The summed E-state index contributed by atoms with van der Waals surface area (Å²) in [7, 11) is 0. The molecule has 0 bridgehead atoms. The van der Waals surface area contributed by atoms with E-state index in [0.717, 1.165) is 12.5 Å². The molecule has 2 aromatic rings. The van der Waals surface area contributed by atoms with E-state index in [-0.39, 0.29) is 22.8 Å². The Balaban J connectivity index is 0.00000176. The fraction of sp³-hybridized carbons (Fsp3) is 0.444. The van der Waals surface area contributed by atoms with Crippen molar-refractivity contribution in [2.24, 2.45) is 5.92 Å². The molecule has 0 N–H and O–H groups in total. The first-order valence-electron chi connectivity index (χ1n) is 7.75. The largest absolute Gasteiger partial charge is 1.00 e. The van der Waals surface area contributed by atoms with Gasteiger partial charge in [0.25, 0.3) is 0 Å². The first-order chi connectivity index (χ1) is 10.1. The molecule has 1 fully saturated rings. The summed E-state index contributed by atoms with van der Waals surface area (Å²) in [5.41, 5.74) is 3.60. The minimum Gasteiger partial charge on any atom is -1.00 e. The molecule has 0 amide bonds. The van der Waals surface area contributed by atoms with Crippen LogP contribution in [0.1, 0.15) is 29.5 Å². The van der Waals surface area contributed by atoms with Gasteiger partial charge in [-0.15, -0.1) is 4.68 Å². The molecular formula is C18H23BrN2O. The van der Waals surface area contributed by atoms with Crippen LogP contribution in [0, 0.1) is 19.8 Å². The second-order valence-corrected chi connectivity index (χ2v) is 6.24.